The quantitative estimate of drug-likeness (QED) is 0.893. The zero-order valence-electron chi connectivity index (χ0n) is 14.8. The Bertz CT molecular complexity index is 894. The zero-order chi connectivity index (χ0) is 18.7. The number of anilines is 1. The summed E-state index contributed by atoms with van der Waals surface area (Å²) < 4.78 is 32.6. The van der Waals surface area contributed by atoms with Gasteiger partial charge >= 0.3 is 0 Å². The number of morpholine rings is 1. The molecule has 0 bridgehead atoms. The third-order valence-electron chi connectivity index (χ3n) is 4.32. The molecule has 26 heavy (non-hydrogen) atoms. The van der Waals surface area contributed by atoms with Gasteiger partial charge in [-0.25, -0.2) is 8.42 Å². The summed E-state index contributed by atoms with van der Waals surface area (Å²) in [5.41, 5.74) is 2.03. The van der Waals surface area contributed by atoms with E-state index >= 15 is 0 Å². The molecule has 3 rings (SSSR count). The molecule has 1 aliphatic rings. The highest BCUT2D eigenvalue weighted by Gasteiger charge is 2.31. The summed E-state index contributed by atoms with van der Waals surface area (Å²) >= 11 is 0. The summed E-state index contributed by atoms with van der Waals surface area (Å²) in [5, 5.41) is 2.76. The molecule has 1 fully saturated rings. The lowest BCUT2D eigenvalue weighted by molar-refractivity contribution is 0.0393. The maximum Gasteiger partial charge on any atom is 0.255 e. The van der Waals surface area contributed by atoms with Crippen molar-refractivity contribution < 1.29 is 17.9 Å². The van der Waals surface area contributed by atoms with E-state index in [1.807, 2.05) is 26.0 Å². The number of amides is 1. The van der Waals surface area contributed by atoms with Crippen molar-refractivity contribution >= 4 is 21.6 Å². The Kier molecular flexibility index (Phi) is 5.41. The summed E-state index contributed by atoms with van der Waals surface area (Å²) in [4.78, 5) is 12.5. The van der Waals surface area contributed by atoms with E-state index in [2.05, 4.69) is 5.32 Å². The van der Waals surface area contributed by atoms with Gasteiger partial charge in [0.15, 0.2) is 0 Å². The first-order chi connectivity index (χ1) is 12.4. The molecular formula is C19H22N2O4S. The molecule has 138 valence electrons. The smallest absolute Gasteiger partial charge is 0.255 e. The summed E-state index contributed by atoms with van der Waals surface area (Å²) in [6, 6.07) is 13.3. The molecule has 1 amide bonds. The van der Waals surface area contributed by atoms with Crippen molar-refractivity contribution in [1.82, 2.24) is 4.31 Å². The van der Waals surface area contributed by atoms with Crippen LogP contribution in [0.25, 0.3) is 0 Å². The minimum absolute atomic E-state index is 0.160. The average Bonchev–Trinajstić information content (AvgIpc) is 2.62. The number of nitrogens with one attached hydrogen (secondary N) is 1. The summed E-state index contributed by atoms with van der Waals surface area (Å²) in [6.07, 6.45) is 0. The van der Waals surface area contributed by atoms with Crippen LogP contribution in [0, 0.1) is 6.92 Å². The first kappa shape index (κ1) is 18.6. The van der Waals surface area contributed by atoms with Crippen molar-refractivity contribution in [2.75, 3.05) is 25.1 Å². The number of sulfonamides is 1. The Morgan fingerprint density at radius 1 is 1.19 bits per heavy atom. The second kappa shape index (κ2) is 7.57. The van der Waals surface area contributed by atoms with Crippen LogP contribution in [0.2, 0.25) is 0 Å². The van der Waals surface area contributed by atoms with Gasteiger partial charge in [0.05, 0.1) is 18.1 Å². The van der Waals surface area contributed by atoms with Crippen molar-refractivity contribution in [2.24, 2.45) is 0 Å². The van der Waals surface area contributed by atoms with Crippen molar-refractivity contribution in [1.29, 1.82) is 0 Å². The van der Waals surface area contributed by atoms with Crippen molar-refractivity contribution in [3.8, 4) is 0 Å². The molecule has 2 aromatic rings. The van der Waals surface area contributed by atoms with Crippen LogP contribution in [-0.4, -0.2) is 44.4 Å². The topological polar surface area (TPSA) is 75.7 Å². The van der Waals surface area contributed by atoms with E-state index in [1.54, 1.807) is 30.3 Å². The number of nitrogens with zero attached hydrogens (tertiary/aromatic N) is 1. The van der Waals surface area contributed by atoms with Crippen molar-refractivity contribution in [3.05, 3.63) is 59.7 Å². The number of carbonyl (C=O) groups is 1. The monoisotopic (exact) mass is 374 g/mol. The lowest BCUT2D eigenvalue weighted by atomic mass is 10.1. The van der Waals surface area contributed by atoms with Crippen molar-refractivity contribution in [2.45, 2.75) is 24.8 Å². The van der Waals surface area contributed by atoms with Crippen LogP contribution in [-0.2, 0) is 14.8 Å². The lowest BCUT2D eigenvalue weighted by Crippen LogP contribution is -2.46. The molecule has 1 atom stereocenters. The number of hydrogen-bond acceptors (Lipinski definition) is 4. The van der Waals surface area contributed by atoms with Gasteiger partial charge in [0.2, 0.25) is 10.0 Å². The second-order valence-electron chi connectivity index (χ2n) is 6.39. The molecule has 1 saturated heterocycles. The zero-order valence-corrected chi connectivity index (χ0v) is 15.6. The average molecular weight is 374 g/mol. The fraction of sp³-hybridized carbons (Fsp3) is 0.316. The number of hydrogen-bond donors (Lipinski definition) is 1. The highest BCUT2D eigenvalue weighted by molar-refractivity contribution is 7.89. The van der Waals surface area contributed by atoms with E-state index in [-0.39, 0.29) is 16.8 Å². The Morgan fingerprint density at radius 3 is 2.62 bits per heavy atom. The van der Waals surface area contributed by atoms with E-state index in [0.29, 0.717) is 31.0 Å². The van der Waals surface area contributed by atoms with Crippen LogP contribution in [0.15, 0.2) is 53.4 Å². The van der Waals surface area contributed by atoms with Crippen LogP contribution in [0.4, 0.5) is 5.69 Å². The Hall–Kier alpha value is -2.22. The maximum absolute atomic E-state index is 12.9. The molecule has 1 N–H and O–H groups in total. The molecule has 0 aromatic heterocycles. The van der Waals surface area contributed by atoms with Crippen LogP contribution >= 0.6 is 0 Å². The fourth-order valence-corrected chi connectivity index (χ4v) is 4.49. The third-order valence-corrected chi connectivity index (χ3v) is 6.33. The van der Waals surface area contributed by atoms with Crippen LogP contribution < -0.4 is 5.32 Å². The number of rotatable bonds is 4. The minimum Gasteiger partial charge on any atom is -0.378 e. The van der Waals surface area contributed by atoms with E-state index in [1.165, 1.54) is 10.4 Å². The van der Waals surface area contributed by atoms with Crippen molar-refractivity contribution in [3.63, 3.8) is 0 Å². The summed E-state index contributed by atoms with van der Waals surface area (Å²) in [7, 11) is -3.64. The highest BCUT2D eigenvalue weighted by atomic mass is 32.2. The Morgan fingerprint density at radius 2 is 1.92 bits per heavy atom. The normalized spacial score (nSPS) is 18.5. The number of aryl methyl sites for hydroxylation is 1. The molecule has 1 unspecified atom stereocenters. The van der Waals surface area contributed by atoms with E-state index in [0.717, 1.165) is 5.56 Å². The molecule has 0 saturated carbocycles. The summed E-state index contributed by atoms with van der Waals surface area (Å²) in [6.45, 7) is 4.85. The maximum atomic E-state index is 12.9. The van der Waals surface area contributed by atoms with E-state index < -0.39 is 10.0 Å². The molecule has 1 aliphatic heterocycles. The van der Waals surface area contributed by atoms with E-state index in [9.17, 15) is 13.2 Å². The van der Waals surface area contributed by atoms with Gasteiger partial charge in [0.25, 0.3) is 5.91 Å². The van der Waals surface area contributed by atoms with Crippen LogP contribution in [0.1, 0.15) is 22.8 Å². The summed E-state index contributed by atoms with van der Waals surface area (Å²) in [5.74, 6) is -0.278. The SMILES string of the molecule is Cc1ccc(C(=O)Nc2cccc(S(=O)(=O)N3CCOCC3C)c2)cc1. The molecule has 7 heteroatoms. The highest BCUT2D eigenvalue weighted by Crippen LogP contribution is 2.23. The Balaban J connectivity index is 1.81. The molecular weight excluding hydrogens is 352 g/mol. The number of ether oxygens (including phenoxy) is 1. The predicted octanol–water partition coefficient (Wildman–Crippen LogP) is 2.66. The van der Waals surface area contributed by atoms with Gasteiger partial charge in [-0.15, -0.1) is 0 Å². The standard InChI is InChI=1S/C19H22N2O4S/c1-14-6-8-16(9-7-14)19(22)20-17-4-3-5-18(12-17)26(23,24)21-10-11-25-13-15(21)2/h3-9,12,15H,10-11,13H2,1-2H3,(H,20,22). The Labute approximate surface area is 153 Å². The van der Waals surface area contributed by atoms with Crippen LogP contribution in [0.5, 0.6) is 0 Å². The van der Waals surface area contributed by atoms with Crippen LogP contribution in [0.3, 0.4) is 0 Å². The molecule has 1 heterocycles. The van der Waals surface area contributed by atoms with Gasteiger partial charge in [0.1, 0.15) is 0 Å². The number of benzene rings is 2. The lowest BCUT2D eigenvalue weighted by Gasteiger charge is -2.32. The van der Waals surface area contributed by atoms with E-state index in [4.69, 9.17) is 4.74 Å². The molecule has 0 aliphatic carbocycles. The van der Waals surface area contributed by atoms with Gasteiger partial charge in [0, 0.05) is 23.8 Å². The van der Waals surface area contributed by atoms with Gasteiger partial charge in [-0.2, -0.15) is 4.31 Å². The van der Waals surface area contributed by atoms with Gasteiger partial charge < -0.3 is 10.1 Å². The third kappa shape index (κ3) is 3.95. The molecule has 2 aromatic carbocycles. The largest absolute Gasteiger partial charge is 0.378 e. The first-order valence-corrected chi connectivity index (χ1v) is 9.89. The molecule has 0 spiro atoms. The minimum atomic E-state index is -3.64. The number of carbonyl (C=O) groups excluding carboxylic acids is 1. The van der Waals surface area contributed by atoms with Gasteiger partial charge in [-0.1, -0.05) is 23.8 Å². The predicted molar refractivity (Wildman–Crippen MR) is 99.7 cm³/mol. The molecule has 0 radical (unpaired) electrons. The fourth-order valence-electron chi connectivity index (χ4n) is 2.85. The first-order valence-electron chi connectivity index (χ1n) is 8.45. The second-order valence-corrected chi connectivity index (χ2v) is 8.28. The molecule has 6 nitrogen and oxygen atoms in total. The van der Waals surface area contributed by atoms with Gasteiger partial charge in [-0.3, -0.25) is 4.79 Å². The van der Waals surface area contributed by atoms with Gasteiger partial charge in [-0.05, 0) is 44.2 Å².